The maximum Gasteiger partial charge on any atom is 0.303 e. The Kier molecular flexibility index (Phi) is 3.22. The Morgan fingerprint density at radius 3 is 2.65 bits per heavy atom. The summed E-state index contributed by atoms with van der Waals surface area (Å²) in [7, 11) is -1.97. The first kappa shape index (κ1) is 12.1. The third-order valence-electron chi connectivity index (χ3n) is 2.50. The van der Waals surface area contributed by atoms with Gasteiger partial charge in [-0.3, -0.25) is 9.40 Å². The van der Waals surface area contributed by atoms with Gasteiger partial charge in [-0.2, -0.15) is 17.8 Å². The summed E-state index contributed by atoms with van der Waals surface area (Å²) in [4.78, 5) is 0. The van der Waals surface area contributed by atoms with E-state index in [4.69, 9.17) is 10.5 Å². The zero-order valence-electron chi connectivity index (χ0n) is 9.46. The largest absolute Gasteiger partial charge is 0.394 e. The van der Waals surface area contributed by atoms with Gasteiger partial charge in [0.15, 0.2) is 5.82 Å². The molecule has 0 spiro atoms. The number of rotatable bonds is 3. The van der Waals surface area contributed by atoms with Crippen LogP contribution in [0.25, 0.3) is 0 Å². The number of aryl methyl sites for hydroxylation is 1. The predicted molar refractivity (Wildman–Crippen MR) is 62.6 cm³/mol. The normalized spacial score (nSPS) is 18.2. The van der Waals surface area contributed by atoms with Gasteiger partial charge in [0.05, 0.1) is 25.1 Å². The lowest BCUT2D eigenvalue weighted by atomic mass is 10.5. The molecule has 1 aliphatic rings. The maximum atomic E-state index is 12.0. The summed E-state index contributed by atoms with van der Waals surface area (Å²) in [6.45, 7) is 1.49. The highest BCUT2D eigenvalue weighted by Gasteiger charge is 2.25. The van der Waals surface area contributed by atoms with Gasteiger partial charge in [-0.25, -0.2) is 0 Å². The first-order valence-electron chi connectivity index (χ1n) is 5.14. The molecule has 8 nitrogen and oxygen atoms in total. The number of anilines is 2. The molecule has 0 amide bonds. The summed E-state index contributed by atoms with van der Waals surface area (Å²) in [5.74, 6) is 0.275. The molecule has 0 bridgehead atoms. The lowest BCUT2D eigenvalue weighted by Crippen LogP contribution is -2.43. The summed E-state index contributed by atoms with van der Waals surface area (Å²) >= 11 is 0. The van der Waals surface area contributed by atoms with Gasteiger partial charge < -0.3 is 10.5 Å². The van der Waals surface area contributed by atoms with Crippen LogP contribution in [0.5, 0.6) is 0 Å². The number of aromatic nitrogens is 2. The van der Waals surface area contributed by atoms with Crippen LogP contribution >= 0.6 is 0 Å². The topological polar surface area (TPSA) is 102 Å². The highest BCUT2D eigenvalue weighted by atomic mass is 32.2. The van der Waals surface area contributed by atoms with E-state index in [0.717, 1.165) is 0 Å². The number of morpholine rings is 1. The van der Waals surface area contributed by atoms with Crippen LogP contribution in [-0.4, -0.2) is 48.8 Å². The summed E-state index contributed by atoms with van der Waals surface area (Å²) in [6.07, 6.45) is 1.40. The minimum Gasteiger partial charge on any atom is -0.394 e. The molecular weight excluding hydrogens is 246 g/mol. The van der Waals surface area contributed by atoms with E-state index in [1.165, 1.54) is 15.2 Å². The molecule has 0 aliphatic carbocycles. The summed E-state index contributed by atoms with van der Waals surface area (Å²) in [6, 6.07) is 0. The predicted octanol–water partition coefficient (Wildman–Crippen LogP) is -1.01. The number of hydrogen-bond acceptors (Lipinski definition) is 5. The smallest absolute Gasteiger partial charge is 0.303 e. The van der Waals surface area contributed by atoms with Crippen molar-refractivity contribution in [2.75, 3.05) is 36.8 Å². The monoisotopic (exact) mass is 261 g/mol. The van der Waals surface area contributed by atoms with Crippen LogP contribution in [0.1, 0.15) is 0 Å². The second-order valence-electron chi connectivity index (χ2n) is 3.69. The number of nitrogen functional groups attached to an aromatic ring is 1. The van der Waals surface area contributed by atoms with Crippen molar-refractivity contribution in [3.63, 3.8) is 0 Å². The van der Waals surface area contributed by atoms with E-state index < -0.39 is 10.2 Å². The zero-order valence-corrected chi connectivity index (χ0v) is 10.3. The molecule has 0 unspecified atom stereocenters. The molecule has 17 heavy (non-hydrogen) atoms. The van der Waals surface area contributed by atoms with Crippen molar-refractivity contribution in [3.05, 3.63) is 6.20 Å². The lowest BCUT2D eigenvalue weighted by Gasteiger charge is -2.26. The van der Waals surface area contributed by atoms with Gasteiger partial charge in [0, 0.05) is 20.1 Å². The minimum absolute atomic E-state index is 0.275. The van der Waals surface area contributed by atoms with Crippen LogP contribution in [0.15, 0.2) is 6.20 Å². The third-order valence-corrected chi connectivity index (χ3v) is 4.00. The zero-order chi connectivity index (χ0) is 12.5. The number of hydrogen-bond donors (Lipinski definition) is 2. The molecule has 1 fully saturated rings. The van der Waals surface area contributed by atoms with E-state index in [0.29, 0.717) is 32.0 Å². The molecule has 9 heteroatoms. The van der Waals surface area contributed by atoms with Crippen molar-refractivity contribution in [1.29, 1.82) is 0 Å². The van der Waals surface area contributed by atoms with Crippen molar-refractivity contribution >= 4 is 21.7 Å². The maximum absolute atomic E-state index is 12.0. The SMILES string of the molecule is Cn1ncc(N)c1NS(=O)(=O)N1CCOCC1. The molecule has 0 aromatic carbocycles. The molecule has 0 atom stereocenters. The molecule has 1 aliphatic heterocycles. The number of nitrogens with zero attached hydrogens (tertiary/aromatic N) is 3. The second kappa shape index (κ2) is 4.51. The molecule has 96 valence electrons. The fraction of sp³-hybridized carbons (Fsp3) is 0.625. The van der Waals surface area contributed by atoms with Crippen molar-refractivity contribution in [2.45, 2.75) is 0 Å². The molecule has 2 rings (SSSR count). The van der Waals surface area contributed by atoms with Crippen molar-refractivity contribution in [2.24, 2.45) is 7.05 Å². The second-order valence-corrected chi connectivity index (χ2v) is 5.36. The lowest BCUT2D eigenvalue weighted by molar-refractivity contribution is 0.0733. The van der Waals surface area contributed by atoms with E-state index in [9.17, 15) is 8.42 Å². The third kappa shape index (κ3) is 2.51. The van der Waals surface area contributed by atoms with Gasteiger partial charge in [-0.15, -0.1) is 0 Å². The van der Waals surface area contributed by atoms with Crippen LogP contribution in [0.3, 0.4) is 0 Å². The van der Waals surface area contributed by atoms with Crippen molar-refractivity contribution in [3.8, 4) is 0 Å². The Morgan fingerprint density at radius 1 is 1.47 bits per heavy atom. The Balaban J connectivity index is 2.17. The first-order valence-corrected chi connectivity index (χ1v) is 6.58. The van der Waals surface area contributed by atoms with E-state index in [-0.39, 0.29) is 5.82 Å². The highest BCUT2D eigenvalue weighted by Crippen LogP contribution is 2.19. The Labute approximate surface area is 99.5 Å². The fourth-order valence-electron chi connectivity index (χ4n) is 1.55. The quantitative estimate of drug-likeness (QED) is 0.726. The van der Waals surface area contributed by atoms with Gasteiger partial charge in [0.25, 0.3) is 0 Å². The molecule has 1 aromatic heterocycles. The average molecular weight is 261 g/mol. The van der Waals surface area contributed by atoms with Gasteiger partial charge in [0.2, 0.25) is 0 Å². The van der Waals surface area contributed by atoms with E-state index >= 15 is 0 Å². The Morgan fingerprint density at radius 2 is 2.12 bits per heavy atom. The molecule has 1 aromatic rings. The number of ether oxygens (including phenoxy) is 1. The summed E-state index contributed by atoms with van der Waals surface area (Å²) in [5, 5.41) is 3.87. The Bertz CT molecular complexity index is 472. The van der Waals surface area contributed by atoms with Gasteiger partial charge in [-0.05, 0) is 0 Å². The van der Waals surface area contributed by atoms with Crippen LogP contribution < -0.4 is 10.5 Å². The Hall–Kier alpha value is -1.32. The molecule has 0 radical (unpaired) electrons. The fourth-order valence-corrected chi connectivity index (χ4v) is 2.81. The molecular formula is C8H15N5O3S. The highest BCUT2D eigenvalue weighted by molar-refractivity contribution is 7.90. The number of nitrogens with two attached hydrogens (primary N) is 1. The van der Waals surface area contributed by atoms with E-state index in [1.807, 2.05) is 0 Å². The molecule has 2 heterocycles. The van der Waals surface area contributed by atoms with Crippen LogP contribution in [0.4, 0.5) is 11.5 Å². The first-order chi connectivity index (χ1) is 8.00. The molecule has 0 saturated carbocycles. The van der Waals surface area contributed by atoms with E-state index in [1.54, 1.807) is 7.05 Å². The minimum atomic E-state index is -3.59. The van der Waals surface area contributed by atoms with Crippen LogP contribution in [-0.2, 0) is 22.0 Å². The van der Waals surface area contributed by atoms with Crippen LogP contribution in [0, 0.1) is 0 Å². The van der Waals surface area contributed by atoms with E-state index in [2.05, 4.69) is 9.82 Å². The van der Waals surface area contributed by atoms with Gasteiger partial charge >= 0.3 is 10.2 Å². The van der Waals surface area contributed by atoms with Gasteiger partial charge in [-0.1, -0.05) is 0 Å². The summed E-state index contributed by atoms with van der Waals surface area (Å²) < 4.78 is 34.3. The molecule has 1 saturated heterocycles. The standard InChI is InChI=1S/C8H15N5O3S/c1-12-8(7(9)6-10-12)11-17(14,15)13-2-4-16-5-3-13/h6,11H,2-5,9H2,1H3. The van der Waals surface area contributed by atoms with Crippen molar-refractivity contribution in [1.82, 2.24) is 14.1 Å². The van der Waals surface area contributed by atoms with Crippen LogP contribution in [0.2, 0.25) is 0 Å². The molecule has 3 N–H and O–H groups in total. The number of nitrogens with one attached hydrogen (secondary N) is 1. The average Bonchev–Trinajstić information content (AvgIpc) is 2.62. The van der Waals surface area contributed by atoms with Gasteiger partial charge in [0.1, 0.15) is 0 Å². The van der Waals surface area contributed by atoms with Crippen molar-refractivity contribution < 1.29 is 13.2 Å². The summed E-state index contributed by atoms with van der Waals surface area (Å²) in [5.41, 5.74) is 5.92.